The zero-order valence-corrected chi connectivity index (χ0v) is 14.0. The lowest BCUT2D eigenvalue weighted by atomic mass is 10.1. The number of benzene rings is 1. The van der Waals surface area contributed by atoms with E-state index in [1.165, 1.54) is 14.2 Å². The topological polar surface area (TPSA) is 93.8 Å². The van der Waals surface area contributed by atoms with Gasteiger partial charge in [0.25, 0.3) is 0 Å². The first-order valence-electron chi connectivity index (χ1n) is 6.96. The van der Waals surface area contributed by atoms with Gasteiger partial charge in [0, 0.05) is 12.6 Å². The van der Waals surface area contributed by atoms with E-state index in [0.29, 0.717) is 23.5 Å². The minimum absolute atomic E-state index is 0. The first-order valence-corrected chi connectivity index (χ1v) is 6.96. The fourth-order valence-electron chi connectivity index (χ4n) is 1.91. The summed E-state index contributed by atoms with van der Waals surface area (Å²) in [5, 5.41) is 12.8. The van der Waals surface area contributed by atoms with Crippen molar-refractivity contribution < 1.29 is 19.4 Å². The van der Waals surface area contributed by atoms with Crippen LogP contribution in [-0.2, 0) is 4.79 Å². The summed E-state index contributed by atoms with van der Waals surface area (Å²) in [4.78, 5) is 11.7. The van der Waals surface area contributed by atoms with Crippen LogP contribution in [0.3, 0.4) is 0 Å². The van der Waals surface area contributed by atoms with Gasteiger partial charge in [-0.2, -0.15) is 0 Å². The molecule has 7 heteroatoms. The lowest BCUT2D eigenvalue weighted by Crippen LogP contribution is -2.42. The number of amides is 1. The van der Waals surface area contributed by atoms with E-state index >= 15 is 0 Å². The first kappa shape index (κ1) is 20.5. The van der Waals surface area contributed by atoms with Crippen LogP contribution in [0.25, 0.3) is 0 Å². The van der Waals surface area contributed by atoms with Gasteiger partial charge in [0.2, 0.25) is 5.91 Å². The zero-order chi connectivity index (χ0) is 15.8. The van der Waals surface area contributed by atoms with Gasteiger partial charge >= 0.3 is 0 Å². The number of aliphatic hydroxyl groups is 1. The Balaban J connectivity index is 0.00000441. The summed E-state index contributed by atoms with van der Waals surface area (Å²) in [6.45, 7) is 2.05. The normalized spacial score (nSPS) is 12.8. The Morgan fingerprint density at radius 1 is 1.27 bits per heavy atom. The largest absolute Gasteiger partial charge is 0.497 e. The molecule has 6 nitrogen and oxygen atoms in total. The second-order valence-electron chi connectivity index (χ2n) is 4.80. The Hall–Kier alpha value is -1.50. The number of halogens is 1. The molecule has 0 heterocycles. The monoisotopic (exact) mass is 332 g/mol. The maximum Gasteiger partial charge on any atom is 0.237 e. The van der Waals surface area contributed by atoms with E-state index in [9.17, 15) is 9.90 Å². The van der Waals surface area contributed by atoms with Crippen molar-refractivity contribution in [2.24, 2.45) is 5.73 Å². The number of ether oxygens (including phenoxy) is 2. The quantitative estimate of drug-likeness (QED) is 0.669. The molecule has 1 aromatic carbocycles. The van der Waals surface area contributed by atoms with Crippen molar-refractivity contribution in [3.05, 3.63) is 23.8 Å². The highest BCUT2D eigenvalue weighted by Gasteiger charge is 2.15. The molecule has 2 unspecified atom stereocenters. The van der Waals surface area contributed by atoms with E-state index < -0.39 is 12.1 Å². The molecule has 0 aliphatic carbocycles. The van der Waals surface area contributed by atoms with Crippen LogP contribution in [0.5, 0.6) is 11.5 Å². The van der Waals surface area contributed by atoms with Gasteiger partial charge in [-0.3, -0.25) is 4.79 Å². The SMILES string of the molecule is CCCC(N)C(=O)NCC(O)c1cc(OC)cc(OC)c1.Cl. The smallest absolute Gasteiger partial charge is 0.237 e. The van der Waals surface area contributed by atoms with Crippen LogP contribution in [0.4, 0.5) is 0 Å². The molecule has 0 bridgehead atoms. The van der Waals surface area contributed by atoms with Gasteiger partial charge < -0.3 is 25.6 Å². The minimum Gasteiger partial charge on any atom is -0.497 e. The molecular weight excluding hydrogens is 308 g/mol. The highest BCUT2D eigenvalue weighted by molar-refractivity contribution is 5.85. The minimum atomic E-state index is -0.855. The fourth-order valence-corrected chi connectivity index (χ4v) is 1.91. The molecule has 0 fully saturated rings. The molecule has 0 aromatic heterocycles. The number of nitrogens with two attached hydrogens (primary N) is 1. The number of nitrogens with one attached hydrogen (secondary N) is 1. The molecule has 0 aliphatic heterocycles. The summed E-state index contributed by atoms with van der Waals surface area (Å²) in [7, 11) is 3.08. The van der Waals surface area contributed by atoms with E-state index in [1.807, 2.05) is 6.92 Å². The van der Waals surface area contributed by atoms with Gasteiger partial charge in [0.1, 0.15) is 11.5 Å². The zero-order valence-electron chi connectivity index (χ0n) is 13.2. The summed E-state index contributed by atoms with van der Waals surface area (Å²) in [6, 6.07) is 4.57. The summed E-state index contributed by atoms with van der Waals surface area (Å²) >= 11 is 0. The van der Waals surface area contributed by atoms with Gasteiger partial charge in [0.15, 0.2) is 0 Å². The van der Waals surface area contributed by atoms with Crippen LogP contribution in [0.15, 0.2) is 18.2 Å². The van der Waals surface area contributed by atoms with Crippen LogP contribution in [0, 0.1) is 0 Å². The van der Waals surface area contributed by atoms with Crippen LogP contribution in [-0.4, -0.2) is 37.8 Å². The molecule has 1 aromatic rings. The fraction of sp³-hybridized carbons (Fsp3) is 0.533. The van der Waals surface area contributed by atoms with Crippen molar-refractivity contribution >= 4 is 18.3 Å². The Bertz CT molecular complexity index is 449. The van der Waals surface area contributed by atoms with Gasteiger partial charge in [-0.15, -0.1) is 12.4 Å². The molecule has 0 aliphatic rings. The lowest BCUT2D eigenvalue weighted by molar-refractivity contribution is -0.123. The molecule has 1 rings (SSSR count). The van der Waals surface area contributed by atoms with E-state index in [4.69, 9.17) is 15.2 Å². The van der Waals surface area contributed by atoms with Gasteiger partial charge in [-0.25, -0.2) is 0 Å². The van der Waals surface area contributed by atoms with Crippen LogP contribution >= 0.6 is 12.4 Å². The predicted octanol–water partition coefficient (Wildman–Crippen LogP) is 1.40. The summed E-state index contributed by atoms with van der Waals surface area (Å²) < 4.78 is 10.3. The molecule has 1 amide bonds. The second-order valence-corrected chi connectivity index (χ2v) is 4.80. The molecule has 0 saturated carbocycles. The third kappa shape index (κ3) is 6.09. The summed E-state index contributed by atoms with van der Waals surface area (Å²) in [5.74, 6) is 0.903. The van der Waals surface area contributed by atoms with Crippen molar-refractivity contribution in [2.45, 2.75) is 31.9 Å². The number of aliphatic hydroxyl groups excluding tert-OH is 1. The van der Waals surface area contributed by atoms with Crippen molar-refractivity contribution in [1.29, 1.82) is 0 Å². The second kappa shape index (κ2) is 10.3. The maximum absolute atomic E-state index is 11.7. The number of hydrogen-bond donors (Lipinski definition) is 3. The molecule has 0 radical (unpaired) electrons. The molecular formula is C15H25ClN2O4. The number of carbonyl (C=O) groups is 1. The third-order valence-corrected chi connectivity index (χ3v) is 3.16. The Morgan fingerprint density at radius 2 is 1.82 bits per heavy atom. The maximum atomic E-state index is 11.7. The van der Waals surface area contributed by atoms with Crippen LogP contribution in [0.1, 0.15) is 31.4 Å². The molecule has 0 spiro atoms. The number of rotatable bonds is 8. The molecule has 2 atom stereocenters. The lowest BCUT2D eigenvalue weighted by Gasteiger charge is -2.16. The molecule has 4 N–H and O–H groups in total. The predicted molar refractivity (Wildman–Crippen MR) is 87.6 cm³/mol. The highest BCUT2D eigenvalue weighted by Crippen LogP contribution is 2.26. The van der Waals surface area contributed by atoms with Crippen molar-refractivity contribution in [3.63, 3.8) is 0 Å². The Kier molecular flexibility index (Phi) is 9.56. The van der Waals surface area contributed by atoms with Gasteiger partial charge in [0.05, 0.1) is 26.4 Å². The van der Waals surface area contributed by atoms with Gasteiger partial charge in [-0.05, 0) is 24.1 Å². The van der Waals surface area contributed by atoms with Crippen molar-refractivity contribution in [3.8, 4) is 11.5 Å². The third-order valence-electron chi connectivity index (χ3n) is 3.16. The summed E-state index contributed by atoms with van der Waals surface area (Å²) in [5.41, 5.74) is 6.32. The standard InChI is InChI=1S/C15H24N2O4.ClH/c1-4-5-13(16)15(19)17-9-14(18)10-6-11(20-2)8-12(7-10)21-3;/h6-8,13-14,18H,4-5,9,16H2,1-3H3,(H,17,19);1H. The van der Waals surface area contributed by atoms with E-state index in [1.54, 1.807) is 18.2 Å². The van der Waals surface area contributed by atoms with Crippen LogP contribution in [0.2, 0.25) is 0 Å². The van der Waals surface area contributed by atoms with E-state index in [-0.39, 0.29) is 24.9 Å². The average molecular weight is 333 g/mol. The number of hydrogen-bond acceptors (Lipinski definition) is 5. The highest BCUT2D eigenvalue weighted by atomic mass is 35.5. The van der Waals surface area contributed by atoms with E-state index in [0.717, 1.165) is 6.42 Å². The number of carbonyl (C=O) groups excluding carboxylic acids is 1. The first-order chi connectivity index (χ1) is 10.0. The van der Waals surface area contributed by atoms with Gasteiger partial charge in [-0.1, -0.05) is 13.3 Å². The summed E-state index contributed by atoms with van der Waals surface area (Å²) in [6.07, 6.45) is 0.603. The van der Waals surface area contributed by atoms with Crippen molar-refractivity contribution in [1.82, 2.24) is 5.32 Å². The Morgan fingerprint density at radius 3 is 2.27 bits per heavy atom. The molecule has 0 saturated heterocycles. The molecule has 126 valence electrons. The number of methoxy groups -OCH3 is 2. The van der Waals surface area contributed by atoms with Crippen LogP contribution < -0.4 is 20.5 Å². The Labute approximate surface area is 137 Å². The molecule has 22 heavy (non-hydrogen) atoms. The van der Waals surface area contributed by atoms with Crippen molar-refractivity contribution in [2.75, 3.05) is 20.8 Å². The van der Waals surface area contributed by atoms with E-state index in [2.05, 4.69) is 5.32 Å². The average Bonchev–Trinajstić information content (AvgIpc) is 2.51.